The number of benzene rings is 2. The lowest BCUT2D eigenvalue weighted by Crippen LogP contribution is -2.02. The summed E-state index contributed by atoms with van der Waals surface area (Å²) in [4.78, 5) is 11.4. The first-order chi connectivity index (χ1) is 10.6. The maximum Gasteiger partial charge on any atom is 0.308 e. The molecule has 0 aliphatic rings. The van der Waals surface area contributed by atoms with Gasteiger partial charge in [0.2, 0.25) is 0 Å². The third-order valence-corrected chi connectivity index (χ3v) is 3.61. The Morgan fingerprint density at radius 1 is 1.09 bits per heavy atom. The van der Waals surface area contributed by atoms with E-state index in [4.69, 9.17) is 4.74 Å². The van der Waals surface area contributed by atoms with Gasteiger partial charge in [-0.2, -0.15) is 0 Å². The molecule has 2 aromatic carbocycles. The van der Waals surface area contributed by atoms with Gasteiger partial charge in [0.05, 0.1) is 0 Å². The normalized spacial score (nSPS) is 12.8. The number of aryl methyl sites for hydroxylation is 1. The van der Waals surface area contributed by atoms with Gasteiger partial charge in [-0.1, -0.05) is 67.1 Å². The van der Waals surface area contributed by atoms with Gasteiger partial charge in [-0.25, -0.2) is 0 Å². The summed E-state index contributed by atoms with van der Waals surface area (Å²) in [5.74, 6) is 0.551. The van der Waals surface area contributed by atoms with Crippen molar-refractivity contribution < 1.29 is 9.53 Å². The van der Waals surface area contributed by atoms with Crippen LogP contribution in [0.2, 0.25) is 0 Å². The van der Waals surface area contributed by atoms with E-state index in [1.807, 2.05) is 55.5 Å². The van der Waals surface area contributed by atoms with Gasteiger partial charge >= 0.3 is 5.97 Å². The highest BCUT2D eigenvalue weighted by Gasteiger charge is 2.12. The minimum absolute atomic E-state index is 0.219. The summed E-state index contributed by atoms with van der Waals surface area (Å²) in [6, 6.07) is 18.3. The molecule has 0 aliphatic carbocycles. The van der Waals surface area contributed by atoms with Gasteiger partial charge < -0.3 is 4.74 Å². The second-order valence-electron chi connectivity index (χ2n) is 5.42. The average molecular weight is 294 g/mol. The molecule has 114 valence electrons. The molecule has 0 bridgehead atoms. The Morgan fingerprint density at radius 2 is 1.73 bits per heavy atom. The van der Waals surface area contributed by atoms with Gasteiger partial charge in [-0.3, -0.25) is 4.79 Å². The SMILES string of the molecule is CC[C@H](/C=C(\OC(C)=O)c1ccc(C)cc1)c1ccccc1. The Kier molecular flexibility index (Phi) is 5.54. The molecule has 2 rings (SSSR count). The second-order valence-corrected chi connectivity index (χ2v) is 5.42. The van der Waals surface area contributed by atoms with Crippen LogP contribution >= 0.6 is 0 Å². The van der Waals surface area contributed by atoms with Crippen molar-refractivity contribution in [3.05, 3.63) is 77.4 Å². The first-order valence-electron chi connectivity index (χ1n) is 7.62. The van der Waals surface area contributed by atoms with Crippen LogP contribution in [-0.4, -0.2) is 5.97 Å². The summed E-state index contributed by atoms with van der Waals surface area (Å²) < 4.78 is 5.45. The third-order valence-electron chi connectivity index (χ3n) is 3.61. The van der Waals surface area contributed by atoms with Crippen molar-refractivity contribution >= 4 is 11.7 Å². The third kappa shape index (κ3) is 4.32. The van der Waals surface area contributed by atoms with Crippen molar-refractivity contribution in [3.8, 4) is 0 Å². The van der Waals surface area contributed by atoms with Crippen LogP contribution < -0.4 is 0 Å². The van der Waals surface area contributed by atoms with Crippen molar-refractivity contribution in [1.29, 1.82) is 0 Å². The van der Waals surface area contributed by atoms with Crippen molar-refractivity contribution in [2.45, 2.75) is 33.1 Å². The fraction of sp³-hybridized carbons (Fsp3) is 0.250. The lowest BCUT2D eigenvalue weighted by molar-refractivity contribution is -0.134. The maximum absolute atomic E-state index is 11.4. The fourth-order valence-electron chi connectivity index (χ4n) is 2.39. The molecule has 0 fully saturated rings. The quantitative estimate of drug-likeness (QED) is 0.567. The highest BCUT2D eigenvalue weighted by atomic mass is 16.5. The van der Waals surface area contributed by atoms with Crippen LogP contribution in [0.25, 0.3) is 5.76 Å². The topological polar surface area (TPSA) is 26.3 Å². The molecule has 0 amide bonds. The van der Waals surface area contributed by atoms with Crippen LogP contribution in [0.5, 0.6) is 0 Å². The van der Waals surface area contributed by atoms with E-state index in [0.717, 1.165) is 12.0 Å². The zero-order valence-electron chi connectivity index (χ0n) is 13.4. The van der Waals surface area contributed by atoms with Crippen molar-refractivity contribution in [1.82, 2.24) is 0 Å². The van der Waals surface area contributed by atoms with Gasteiger partial charge in [0.25, 0.3) is 0 Å². The van der Waals surface area contributed by atoms with Crippen molar-refractivity contribution in [2.24, 2.45) is 0 Å². The van der Waals surface area contributed by atoms with Crippen molar-refractivity contribution in [3.63, 3.8) is 0 Å². The number of hydrogen-bond acceptors (Lipinski definition) is 2. The fourth-order valence-corrected chi connectivity index (χ4v) is 2.39. The van der Waals surface area contributed by atoms with Crippen LogP contribution in [-0.2, 0) is 9.53 Å². The van der Waals surface area contributed by atoms with Gasteiger partial charge in [0.1, 0.15) is 5.76 Å². The first kappa shape index (κ1) is 16.0. The molecule has 2 heteroatoms. The number of allylic oxidation sites excluding steroid dienone is 1. The van der Waals surface area contributed by atoms with Crippen LogP contribution in [0.3, 0.4) is 0 Å². The molecule has 0 aliphatic heterocycles. The van der Waals surface area contributed by atoms with Gasteiger partial charge in [0, 0.05) is 18.4 Å². The largest absolute Gasteiger partial charge is 0.426 e. The molecule has 0 saturated carbocycles. The molecular weight excluding hydrogens is 272 g/mol. The maximum atomic E-state index is 11.4. The summed E-state index contributed by atoms with van der Waals surface area (Å²) in [6.45, 7) is 5.61. The Hall–Kier alpha value is -2.35. The zero-order valence-corrected chi connectivity index (χ0v) is 13.4. The van der Waals surface area contributed by atoms with E-state index < -0.39 is 0 Å². The zero-order chi connectivity index (χ0) is 15.9. The van der Waals surface area contributed by atoms with Gasteiger partial charge in [-0.05, 0) is 25.0 Å². The van der Waals surface area contributed by atoms with Crippen LogP contribution in [0.4, 0.5) is 0 Å². The van der Waals surface area contributed by atoms with Crippen LogP contribution in [0, 0.1) is 6.92 Å². The predicted molar refractivity (Wildman–Crippen MR) is 90.4 cm³/mol. The molecule has 0 aromatic heterocycles. The standard InChI is InChI=1S/C20H22O2/c1-4-17(18-8-6-5-7-9-18)14-20(22-16(3)21)19-12-10-15(2)11-13-19/h5-14,17H,4H2,1-3H3/b20-14-/t17-/m1/s1. The second kappa shape index (κ2) is 7.60. The number of rotatable bonds is 5. The van der Waals surface area contributed by atoms with E-state index >= 15 is 0 Å². The molecule has 0 radical (unpaired) electrons. The molecule has 0 N–H and O–H groups in total. The number of ether oxygens (including phenoxy) is 1. The average Bonchev–Trinajstić information content (AvgIpc) is 2.52. The smallest absolute Gasteiger partial charge is 0.308 e. The van der Waals surface area contributed by atoms with E-state index in [0.29, 0.717) is 5.76 Å². The number of hydrogen-bond donors (Lipinski definition) is 0. The molecule has 0 heterocycles. The minimum Gasteiger partial charge on any atom is -0.426 e. The van der Waals surface area contributed by atoms with Crippen LogP contribution in [0.15, 0.2) is 60.7 Å². The van der Waals surface area contributed by atoms with E-state index in [-0.39, 0.29) is 11.9 Å². The minimum atomic E-state index is -0.297. The molecule has 2 nitrogen and oxygen atoms in total. The number of carbonyl (C=O) groups is 1. The van der Waals surface area contributed by atoms with E-state index in [1.165, 1.54) is 18.1 Å². The summed E-state index contributed by atoms with van der Waals surface area (Å²) in [5, 5.41) is 0. The molecular formula is C20H22O2. The van der Waals surface area contributed by atoms with Crippen LogP contribution in [0.1, 0.15) is 42.9 Å². The Labute approximate surface area is 132 Å². The predicted octanol–water partition coefficient (Wildman–Crippen LogP) is 5.09. The molecule has 0 saturated heterocycles. The van der Waals surface area contributed by atoms with E-state index in [2.05, 4.69) is 19.1 Å². The lowest BCUT2D eigenvalue weighted by atomic mass is 9.94. The molecule has 0 spiro atoms. The lowest BCUT2D eigenvalue weighted by Gasteiger charge is -2.14. The van der Waals surface area contributed by atoms with Crippen molar-refractivity contribution in [2.75, 3.05) is 0 Å². The summed E-state index contributed by atoms with van der Waals surface area (Å²) in [5.41, 5.74) is 3.33. The highest BCUT2D eigenvalue weighted by Crippen LogP contribution is 2.27. The number of carbonyl (C=O) groups excluding carboxylic acids is 1. The summed E-state index contributed by atoms with van der Waals surface area (Å²) in [6.07, 6.45) is 2.99. The Bertz CT molecular complexity index is 639. The number of esters is 1. The first-order valence-corrected chi connectivity index (χ1v) is 7.62. The molecule has 22 heavy (non-hydrogen) atoms. The Morgan fingerprint density at radius 3 is 2.27 bits per heavy atom. The summed E-state index contributed by atoms with van der Waals surface area (Å²) in [7, 11) is 0. The van der Waals surface area contributed by atoms with Gasteiger partial charge in [-0.15, -0.1) is 0 Å². The highest BCUT2D eigenvalue weighted by molar-refractivity contribution is 5.76. The van der Waals surface area contributed by atoms with E-state index in [9.17, 15) is 4.79 Å². The monoisotopic (exact) mass is 294 g/mol. The molecule has 0 unspecified atom stereocenters. The molecule has 1 atom stereocenters. The summed E-state index contributed by atoms with van der Waals surface area (Å²) >= 11 is 0. The van der Waals surface area contributed by atoms with Gasteiger partial charge in [0.15, 0.2) is 0 Å². The Balaban J connectivity index is 2.38. The van der Waals surface area contributed by atoms with E-state index in [1.54, 1.807) is 0 Å². The molecule has 2 aromatic rings.